The summed E-state index contributed by atoms with van der Waals surface area (Å²) in [6.45, 7) is 6.36. The van der Waals surface area contributed by atoms with Gasteiger partial charge in [0.15, 0.2) is 0 Å². The normalized spacial score (nSPS) is 22.6. The number of hydrogen-bond donors (Lipinski definition) is 1. The summed E-state index contributed by atoms with van der Waals surface area (Å²) in [6, 6.07) is 6.17. The van der Waals surface area contributed by atoms with E-state index in [4.69, 9.17) is 14.2 Å². The van der Waals surface area contributed by atoms with E-state index >= 15 is 0 Å². The Hall–Kier alpha value is -2.48. The Labute approximate surface area is 196 Å². The fourth-order valence-corrected chi connectivity index (χ4v) is 5.37. The summed E-state index contributed by atoms with van der Waals surface area (Å²) in [4.78, 5) is 29.0. The predicted molar refractivity (Wildman–Crippen MR) is 124 cm³/mol. The highest BCUT2D eigenvalue weighted by atomic mass is 16.6. The minimum Gasteiger partial charge on any atom is -0.497 e. The van der Waals surface area contributed by atoms with Gasteiger partial charge in [0.25, 0.3) is 0 Å². The molecule has 33 heavy (non-hydrogen) atoms. The zero-order valence-corrected chi connectivity index (χ0v) is 20.1. The van der Waals surface area contributed by atoms with Crippen molar-refractivity contribution >= 4 is 12.0 Å². The number of ether oxygens (including phenoxy) is 3. The van der Waals surface area contributed by atoms with Crippen LogP contribution in [0.3, 0.4) is 0 Å². The number of carbonyl (C=O) groups excluding carboxylic acids is 2. The SMILES string of the molecule is CCOC(=O)N1CCC(NC(=O)C2CC23CCN(Cc2cc(OC)cc(OC)c2)CC3)CC1. The van der Waals surface area contributed by atoms with Gasteiger partial charge in [-0.25, -0.2) is 4.79 Å². The van der Waals surface area contributed by atoms with E-state index in [9.17, 15) is 9.59 Å². The molecule has 2 heterocycles. The zero-order chi connectivity index (χ0) is 23.4. The van der Waals surface area contributed by atoms with Crippen molar-refractivity contribution in [2.24, 2.45) is 11.3 Å². The summed E-state index contributed by atoms with van der Waals surface area (Å²) < 4.78 is 15.9. The van der Waals surface area contributed by atoms with Crippen LogP contribution in [-0.2, 0) is 16.1 Å². The lowest BCUT2D eigenvalue weighted by Gasteiger charge is -2.34. The van der Waals surface area contributed by atoms with Crippen LogP contribution in [0.15, 0.2) is 18.2 Å². The first-order valence-electron chi connectivity index (χ1n) is 12.1. The topological polar surface area (TPSA) is 80.3 Å². The lowest BCUT2D eigenvalue weighted by molar-refractivity contribution is -0.124. The monoisotopic (exact) mass is 459 g/mol. The van der Waals surface area contributed by atoms with Crippen LogP contribution in [0.25, 0.3) is 0 Å². The standard InChI is InChI=1S/C25H37N3O5/c1-4-33-24(30)28-9-5-19(6-10-28)26-23(29)22-16-25(22)7-11-27(12-8-25)17-18-13-20(31-2)15-21(14-18)32-3/h13-15,19,22H,4-12,16-17H2,1-3H3,(H,26,29). The van der Waals surface area contributed by atoms with E-state index in [1.807, 2.05) is 13.0 Å². The maximum atomic E-state index is 12.9. The summed E-state index contributed by atoms with van der Waals surface area (Å²) in [5.74, 6) is 1.96. The lowest BCUT2D eigenvalue weighted by Crippen LogP contribution is -2.47. The Morgan fingerprint density at radius 1 is 1.03 bits per heavy atom. The molecule has 182 valence electrons. The van der Waals surface area contributed by atoms with Crippen molar-refractivity contribution < 1.29 is 23.8 Å². The van der Waals surface area contributed by atoms with Gasteiger partial charge in [0.1, 0.15) is 11.5 Å². The largest absolute Gasteiger partial charge is 0.497 e. The lowest BCUT2D eigenvalue weighted by atomic mass is 9.90. The number of nitrogens with zero attached hydrogens (tertiary/aromatic N) is 2. The van der Waals surface area contributed by atoms with Crippen LogP contribution in [-0.4, -0.2) is 74.8 Å². The summed E-state index contributed by atoms with van der Waals surface area (Å²) in [7, 11) is 3.34. The van der Waals surface area contributed by atoms with Crippen molar-refractivity contribution in [2.45, 2.75) is 51.6 Å². The van der Waals surface area contributed by atoms with Crippen molar-refractivity contribution in [1.82, 2.24) is 15.1 Å². The van der Waals surface area contributed by atoms with E-state index in [1.54, 1.807) is 19.1 Å². The molecule has 0 radical (unpaired) electrons. The second-order valence-corrected chi connectivity index (χ2v) is 9.58. The van der Waals surface area contributed by atoms with Gasteiger partial charge in [-0.1, -0.05) is 0 Å². The van der Waals surface area contributed by atoms with E-state index in [2.05, 4.69) is 22.3 Å². The second kappa shape index (κ2) is 10.2. The number of amides is 2. The fourth-order valence-electron chi connectivity index (χ4n) is 5.37. The number of likely N-dealkylation sites (tertiary alicyclic amines) is 2. The van der Waals surface area contributed by atoms with Gasteiger partial charge in [0.05, 0.1) is 20.8 Å². The molecule has 1 aromatic rings. The number of piperidine rings is 2. The first-order valence-corrected chi connectivity index (χ1v) is 12.1. The first-order chi connectivity index (χ1) is 16.0. The van der Waals surface area contributed by atoms with Crippen molar-refractivity contribution in [1.29, 1.82) is 0 Å². The van der Waals surface area contributed by atoms with Crippen molar-refractivity contribution in [2.75, 3.05) is 47.0 Å². The Morgan fingerprint density at radius 3 is 2.24 bits per heavy atom. The molecule has 8 nitrogen and oxygen atoms in total. The van der Waals surface area contributed by atoms with E-state index < -0.39 is 0 Å². The molecule has 1 aromatic carbocycles. The first kappa shape index (κ1) is 23.7. The molecule has 0 bridgehead atoms. The third kappa shape index (κ3) is 5.54. The summed E-state index contributed by atoms with van der Waals surface area (Å²) in [5, 5.41) is 3.26. The van der Waals surface area contributed by atoms with Crippen molar-refractivity contribution in [3.63, 3.8) is 0 Å². The third-order valence-electron chi connectivity index (χ3n) is 7.54. The number of benzene rings is 1. The molecule has 1 aliphatic carbocycles. The molecule has 1 N–H and O–H groups in total. The van der Waals surface area contributed by atoms with Crippen LogP contribution < -0.4 is 14.8 Å². The predicted octanol–water partition coefficient (Wildman–Crippen LogP) is 3.04. The van der Waals surface area contributed by atoms with E-state index in [1.165, 1.54) is 5.56 Å². The van der Waals surface area contributed by atoms with Crippen LogP contribution in [0.4, 0.5) is 4.79 Å². The third-order valence-corrected chi connectivity index (χ3v) is 7.54. The smallest absolute Gasteiger partial charge is 0.409 e. The van der Waals surface area contributed by atoms with Gasteiger partial charge in [0, 0.05) is 37.7 Å². The molecule has 4 rings (SSSR count). The number of rotatable bonds is 7. The number of methoxy groups -OCH3 is 2. The summed E-state index contributed by atoms with van der Waals surface area (Å²) in [5.41, 5.74) is 1.36. The van der Waals surface area contributed by atoms with Crippen molar-refractivity contribution in [3.8, 4) is 11.5 Å². The van der Waals surface area contributed by atoms with Gasteiger partial charge >= 0.3 is 6.09 Å². The highest BCUT2D eigenvalue weighted by molar-refractivity contribution is 5.83. The maximum Gasteiger partial charge on any atom is 0.409 e. The number of hydrogen-bond acceptors (Lipinski definition) is 6. The second-order valence-electron chi connectivity index (χ2n) is 9.58. The average Bonchev–Trinajstić information content (AvgIpc) is 3.54. The van der Waals surface area contributed by atoms with Crippen LogP contribution in [0.2, 0.25) is 0 Å². The Bertz CT molecular complexity index is 822. The van der Waals surface area contributed by atoms with Gasteiger partial charge in [-0.2, -0.15) is 0 Å². The van der Waals surface area contributed by atoms with Crippen LogP contribution in [0.1, 0.15) is 44.6 Å². The molecule has 3 fully saturated rings. The molecule has 1 atom stereocenters. The number of nitrogens with one attached hydrogen (secondary N) is 1. The van der Waals surface area contributed by atoms with Crippen LogP contribution >= 0.6 is 0 Å². The van der Waals surface area contributed by atoms with E-state index in [0.29, 0.717) is 19.7 Å². The van der Waals surface area contributed by atoms with Gasteiger partial charge in [-0.15, -0.1) is 0 Å². The minimum absolute atomic E-state index is 0.139. The van der Waals surface area contributed by atoms with Crippen LogP contribution in [0.5, 0.6) is 11.5 Å². The van der Waals surface area contributed by atoms with Gasteiger partial charge in [0.2, 0.25) is 5.91 Å². The zero-order valence-electron chi connectivity index (χ0n) is 20.1. The van der Waals surface area contributed by atoms with Gasteiger partial charge < -0.3 is 24.4 Å². The quantitative estimate of drug-likeness (QED) is 0.675. The Balaban J connectivity index is 1.22. The highest BCUT2D eigenvalue weighted by Gasteiger charge is 2.58. The van der Waals surface area contributed by atoms with Gasteiger partial charge in [-0.05, 0) is 75.2 Å². The fraction of sp³-hybridized carbons (Fsp3) is 0.680. The molecule has 0 aromatic heterocycles. The molecule has 2 aliphatic heterocycles. The van der Waals surface area contributed by atoms with Gasteiger partial charge in [-0.3, -0.25) is 9.69 Å². The molecule has 8 heteroatoms. The van der Waals surface area contributed by atoms with E-state index in [-0.39, 0.29) is 29.4 Å². The molecule has 1 unspecified atom stereocenters. The number of carbonyl (C=O) groups is 2. The molecule has 2 saturated heterocycles. The molecule has 1 spiro atoms. The molecule has 2 amide bonds. The minimum atomic E-state index is -0.248. The highest BCUT2D eigenvalue weighted by Crippen LogP contribution is 2.59. The van der Waals surface area contributed by atoms with Crippen molar-refractivity contribution in [3.05, 3.63) is 23.8 Å². The van der Waals surface area contributed by atoms with Crippen LogP contribution in [0, 0.1) is 11.3 Å². The van der Waals surface area contributed by atoms with E-state index in [0.717, 1.165) is 63.2 Å². The molecule has 3 aliphatic rings. The Morgan fingerprint density at radius 2 is 1.67 bits per heavy atom. The Kier molecular flexibility index (Phi) is 7.32. The average molecular weight is 460 g/mol. The summed E-state index contributed by atoms with van der Waals surface area (Å²) >= 11 is 0. The maximum absolute atomic E-state index is 12.9. The molecular formula is C25H37N3O5. The molecule has 1 saturated carbocycles. The summed E-state index contributed by atoms with van der Waals surface area (Å²) in [6.07, 6.45) is 4.47. The molecular weight excluding hydrogens is 422 g/mol.